The lowest BCUT2D eigenvalue weighted by Gasteiger charge is -2.36. The summed E-state index contributed by atoms with van der Waals surface area (Å²) in [4.78, 5) is 38.0. The van der Waals surface area contributed by atoms with E-state index in [9.17, 15) is 14.4 Å². The number of thioether (sulfide) groups is 1. The molecular weight excluding hydrogens is 444 g/mol. The zero-order chi connectivity index (χ0) is 24.2. The van der Waals surface area contributed by atoms with Gasteiger partial charge in [0, 0.05) is 12.3 Å². The normalized spacial score (nSPS) is 17.8. The lowest BCUT2D eigenvalue weighted by atomic mass is 10.0. The molecule has 2 N–H and O–H groups in total. The van der Waals surface area contributed by atoms with Gasteiger partial charge < -0.3 is 19.5 Å². The summed E-state index contributed by atoms with van der Waals surface area (Å²) >= 11 is 1.54. The predicted molar refractivity (Wildman–Crippen MR) is 128 cm³/mol. The topological polar surface area (TPSA) is 105 Å². The van der Waals surface area contributed by atoms with Crippen molar-refractivity contribution < 1.29 is 29.0 Å². The number of benzene rings is 1. The maximum absolute atomic E-state index is 13.0. The first-order valence-corrected chi connectivity index (χ1v) is 12.8. The Kier molecular flexibility index (Phi) is 11.5. The van der Waals surface area contributed by atoms with Crippen molar-refractivity contribution in [2.45, 2.75) is 71.2 Å². The maximum atomic E-state index is 13.0. The van der Waals surface area contributed by atoms with Gasteiger partial charge in [-0.05, 0) is 50.7 Å². The Morgan fingerprint density at radius 1 is 1.18 bits per heavy atom. The summed E-state index contributed by atoms with van der Waals surface area (Å²) in [6.07, 6.45) is 2.28. The van der Waals surface area contributed by atoms with Crippen LogP contribution < -0.4 is 5.32 Å². The van der Waals surface area contributed by atoms with Crippen LogP contribution in [0, 0.1) is 0 Å². The van der Waals surface area contributed by atoms with Gasteiger partial charge in [0.2, 0.25) is 5.91 Å². The summed E-state index contributed by atoms with van der Waals surface area (Å²) < 4.78 is 10.1. The predicted octanol–water partition coefficient (Wildman–Crippen LogP) is 3.47. The highest BCUT2D eigenvalue weighted by Gasteiger charge is 2.34. The highest BCUT2D eigenvalue weighted by atomic mass is 32.2. The fourth-order valence-corrected chi connectivity index (χ4v) is 4.69. The second-order valence-corrected chi connectivity index (χ2v) is 9.25. The molecule has 184 valence electrons. The number of esters is 1. The van der Waals surface area contributed by atoms with Gasteiger partial charge in [-0.2, -0.15) is 11.8 Å². The van der Waals surface area contributed by atoms with E-state index in [1.165, 1.54) is 22.2 Å². The molecule has 0 saturated carbocycles. The fraction of sp³-hybridized carbons (Fsp3) is 0.625. The lowest BCUT2D eigenvalue weighted by Crippen LogP contribution is -2.56. The van der Waals surface area contributed by atoms with Crippen molar-refractivity contribution in [2.24, 2.45) is 0 Å². The maximum Gasteiger partial charge on any atom is 0.507 e. The molecule has 0 bridgehead atoms. The van der Waals surface area contributed by atoms with Crippen molar-refractivity contribution in [2.75, 3.05) is 24.7 Å². The number of ether oxygens (including phenoxy) is 2. The number of rotatable bonds is 12. The number of carboxylic acid groups (broad SMARTS) is 1. The quantitative estimate of drug-likeness (QED) is 0.438. The molecule has 0 aromatic heterocycles. The first-order chi connectivity index (χ1) is 15.8. The van der Waals surface area contributed by atoms with Crippen molar-refractivity contribution >= 4 is 29.8 Å². The van der Waals surface area contributed by atoms with E-state index < -0.39 is 30.4 Å². The largest absolute Gasteiger partial charge is 0.507 e. The molecule has 8 nitrogen and oxygen atoms in total. The van der Waals surface area contributed by atoms with Crippen LogP contribution in [-0.4, -0.2) is 71.0 Å². The molecule has 33 heavy (non-hydrogen) atoms. The Morgan fingerprint density at radius 2 is 1.85 bits per heavy atom. The Hall–Kier alpha value is -2.26. The van der Waals surface area contributed by atoms with Crippen molar-refractivity contribution in [3.05, 3.63) is 35.4 Å². The lowest BCUT2D eigenvalue weighted by molar-refractivity contribution is -0.147. The molecule has 1 aromatic rings. The first kappa shape index (κ1) is 27.0. The van der Waals surface area contributed by atoms with Crippen LogP contribution in [0.3, 0.4) is 0 Å². The van der Waals surface area contributed by atoms with Gasteiger partial charge in [0.15, 0.2) is 6.23 Å². The summed E-state index contributed by atoms with van der Waals surface area (Å²) in [7, 11) is 0. The van der Waals surface area contributed by atoms with Gasteiger partial charge in [0.05, 0.1) is 18.4 Å². The summed E-state index contributed by atoms with van der Waals surface area (Å²) in [6.45, 7) is 6.24. The average molecular weight is 481 g/mol. The third-order valence-electron chi connectivity index (χ3n) is 5.56. The molecule has 9 heteroatoms. The second-order valence-electron chi connectivity index (χ2n) is 8.10. The summed E-state index contributed by atoms with van der Waals surface area (Å²) in [5.41, 5.74) is 2.42. The third-order valence-corrected chi connectivity index (χ3v) is 6.55. The van der Waals surface area contributed by atoms with Crippen LogP contribution in [0.2, 0.25) is 0 Å². The number of hydrogen-bond acceptors (Lipinski definition) is 7. The van der Waals surface area contributed by atoms with Gasteiger partial charge in [0.25, 0.3) is 0 Å². The van der Waals surface area contributed by atoms with Crippen LogP contribution in [0.1, 0.15) is 51.2 Å². The molecule has 0 spiro atoms. The van der Waals surface area contributed by atoms with Gasteiger partial charge in [-0.25, -0.2) is 4.79 Å². The molecule has 2 rings (SSSR count). The monoisotopic (exact) mass is 480 g/mol. The summed E-state index contributed by atoms with van der Waals surface area (Å²) in [5, 5.41) is 12.1. The number of nitrogens with one attached hydrogen (secondary N) is 1. The highest BCUT2D eigenvalue weighted by Crippen LogP contribution is 2.19. The van der Waals surface area contributed by atoms with E-state index in [2.05, 4.69) is 36.5 Å². The van der Waals surface area contributed by atoms with E-state index in [1.807, 2.05) is 0 Å². The molecule has 0 aliphatic carbocycles. The van der Waals surface area contributed by atoms with Crippen LogP contribution in [0.4, 0.5) is 4.79 Å². The third kappa shape index (κ3) is 8.89. The molecule has 1 fully saturated rings. The number of unbranched alkanes of at least 4 members (excludes halogenated alkanes) is 1. The number of amides is 1. The Bertz CT molecular complexity index is 773. The van der Waals surface area contributed by atoms with Crippen molar-refractivity contribution in [3.8, 4) is 0 Å². The zero-order valence-electron chi connectivity index (χ0n) is 19.7. The van der Waals surface area contributed by atoms with Crippen LogP contribution in [0.25, 0.3) is 0 Å². The smallest absolute Gasteiger partial charge is 0.465 e. The van der Waals surface area contributed by atoms with Crippen molar-refractivity contribution in [1.82, 2.24) is 10.2 Å². The number of carbonyl (C=O) groups is 3. The van der Waals surface area contributed by atoms with E-state index in [0.29, 0.717) is 30.9 Å². The molecule has 1 aliphatic heterocycles. The molecule has 0 radical (unpaired) electrons. The highest BCUT2D eigenvalue weighted by molar-refractivity contribution is 7.99. The van der Waals surface area contributed by atoms with E-state index in [4.69, 9.17) is 14.6 Å². The second kappa shape index (κ2) is 14.1. The van der Waals surface area contributed by atoms with E-state index in [0.717, 1.165) is 24.8 Å². The zero-order valence-corrected chi connectivity index (χ0v) is 20.6. The van der Waals surface area contributed by atoms with E-state index in [1.54, 1.807) is 13.8 Å². The average Bonchev–Trinajstić information content (AvgIpc) is 2.80. The fourth-order valence-electron chi connectivity index (χ4n) is 3.75. The van der Waals surface area contributed by atoms with Crippen molar-refractivity contribution in [3.63, 3.8) is 0 Å². The SMILES string of the molecule is CCCCc1ccc(CCC(N[C@@H](C)C(=O)N2CCSCC2OC(=O)O)C(=O)OCC)cc1. The number of hydrogen-bond donors (Lipinski definition) is 2. The van der Waals surface area contributed by atoms with Crippen LogP contribution in [-0.2, 0) is 31.9 Å². The standard InChI is InChI=1S/C24H36N2O6S/c1-4-6-7-18-8-10-19(11-9-18)12-13-20(23(28)31-5-2)25-17(3)22(27)26-14-15-33-16-21(26)32-24(29)30/h8-11,17,20-21,25H,4-7,12-16H2,1-3H3,(H,29,30)/t17-,20?,21?/m0/s1. The van der Waals surface area contributed by atoms with Gasteiger partial charge in [-0.1, -0.05) is 37.6 Å². The molecule has 1 saturated heterocycles. The minimum Gasteiger partial charge on any atom is -0.465 e. The van der Waals surface area contributed by atoms with E-state index >= 15 is 0 Å². The van der Waals surface area contributed by atoms with Crippen molar-refractivity contribution in [1.29, 1.82) is 0 Å². The molecule has 3 atom stereocenters. The molecule has 2 unspecified atom stereocenters. The van der Waals surface area contributed by atoms with Crippen LogP contribution in [0.5, 0.6) is 0 Å². The van der Waals surface area contributed by atoms with Crippen LogP contribution >= 0.6 is 11.8 Å². The molecule has 1 aromatic carbocycles. The van der Waals surface area contributed by atoms with Gasteiger partial charge in [-0.15, -0.1) is 0 Å². The molecule has 1 amide bonds. The Morgan fingerprint density at radius 3 is 2.45 bits per heavy atom. The molecule has 1 aliphatic rings. The Labute approximate surface area is 200 Å². The minimum absolute atomic E-state index is 0.253. The summed E-state index contributed by atoms with van der Waals surface area (Å²) in [5.74, 6) is 0.397. The Balaban J connectivity index is 2.00. The number of nitrogens with zero attached hydrogens (tertiary/aromatic N) is 1. The molecule has 1 heterocycles. The minimum atomic E-state index is -1.41. The van der Waals surface area contributed by atoms with Gasteiger partial charge in [-0.3, -0.25) is 14.9 Å². The number of carbonyl (C=O) groups excluding carboxylic acids is 2. The number of aryl methyl sites for hydroxylation is 2. The summed E-state index contributed by atoms with van der Waals surface area (Å²) in [6, 6.07) is 7.07. The first-order valence-electron chi connectivity index (χ1n) is 11.6. The van der Waals surface area contributed by atoms with Gasteiger partial charge in [0.1, 0.15) is 6.04 Å². The molecular formula is C24H36N2O6S. The van der Waals surface area contributed by atoms with Gasteiger partial charge >= 0.3 is 12.1 Å². The van der Waals surface area contributed by atoms with Crippen LogP contribution in [0.15, 0.2) is 24.3 Å². The van der Waals surface area contributed by atoms with E-state index in [-0.39, 0.29) is 12.5 Å².